The van der Waals surface area contributed by atoms with Crippen molar-refractivity contribution in [3.63, 3.8) is 0 Å². The lowest BCUT2D eigenvalue weighted by atomic mass is 9.96. The number of nitro benzene ring substituents is 1. The zero-order chi connectivity index (χ0) is 16.5. The summed E-state index contributed by atoms with van der Waals surface area (Å²) in [5.41, 5.74) is -0.171. The molecule has 2 rings (SSSR count). The molecule has 0 atom stereocenters. The highest BCUT2D eigenvalue weighted by atomic mass is 32.2. The number of likely N-dealkylation sites (N-methyl/N-ethyl adjacent to an activating group) is 1. The van der Waals surface area contributed by atoms with Crippen LogP contribution in [0.3, 0.4) is 0 Å². The third-order valence-electron chi connectivity index (χ3n) is 3.24. The van der Waals surface area contributed by atoms with Crippen LogP contribution in [0.2, 0.25) is 0 Å². The molecular formula is C15H18N2O4S. The Morgan fingerprint density at radius 1 is 1.45 bits per heavy atom. The van der Waals surface area contributed by atoms with Crippen molar-refractivity contribution >= 4 is 23.2 Å². The molecule has 1 heterocycles. The number of hydrogen-bond donors (Lipinski definition) is 0. The molecule has 0 fully saturated rings. The van der Waals surface area contributed by atoms with Crippen molar-refractivity contribution < 1.29 is 14.6 Å². The fourth-order valence-corrected chi connectivity index (χ4v) is 2.89. The number of carbonyl (C=O) groups excluding carboxylic acids is 1. The van der Waals surface area contributed by atoms with Crippen molar-refractivity contribution in [2.75, 3.05) is 19.8 Å². The van der Waals surface area contributed by atoms with E-state index in [4.69, 9.17) is 4.84 Å². The fraction of sp³-hybridized carbons (Fsp3) is 0.400. The third-order valence-corrected chi connectivity index (χ3v) is 3.97. The van der Waals surface area contributed by atoms with Gasteiger partial charge in [0, 0.05) is 23.6 Å². The Kier molecular flexibility index (Phi) is 4.69. The molecule has 1 aromatic carbocycles. The maximum Gasteiger partial charge on any atom is 0.281 e. The van der Waals surface area contributed by atoms with E-state index >= 15 is 0 Å². The van der Waals surface area contributed by atoms with E-state index in [1.807, 2.05) is 20.1 Å². The molecule has 22 heavy (non-hydrogen) atoms. The fourth-order valence-electron chi connectivity index (χ4n) is 2.46. The average molecular weight is 322 g/mol. The van der Waals surface area contributed by atoms with Crippen LogP contribution in [0.4, 0.5) is 5.69 Å². The highest BCUT2D eigenvalue weighted by molar-refractivity contribution is 7.98. The van der Waals surface area contributed by atoms with E-state index in [9.17, 15) is 14.9 Å². The number of rotatable bonds is 4. The maximum absolute atomic E-state index is 12.7. The Bertz CT molecular complexity index is 655. The minimum absolute atomic E-state index is 0.111. The van der Waals surface area contributed by atoms with Crippen LogP contribution in [0, 0.1) is 10.1 Å². The van der Waals surface area contributed by atoms with Crippen LogP contribution in [-0.4, -0.2) is 41.2 Å². The van der Waals surface area contributed by atoms with Gasteiger partial charge in [0.15, 0.2) is 5.78 Å². The SMILES string of the molecule is CSc1ccc(C(=O)C2=CC(C)(C)ON(C)C2)c([N+](=O)[O-])c1. The number of carbonyl (C=O) groups is 1. The van der Waals surface area contributed by atoms with Gasteiger partial charge < -0.3 is 0 Å². The first-order chi connectivity index (χ1) is 10.2. The lowest BCUT2D eigenvalue weighted by Crippen LogP contribution is -2.39. The number of nitrogens with zero attached hydrogens (tertiary/aromatic N) is 2. The highest BCUT2D eigenvalue weighted by Crippen LogP contribution is 2.29. The molecule has 0 saturated heterocycles. The molecule has 1 aliphatic heterocycles. The Morgan fingerprint density at radius 2 is 2.14 bits per heavy atom. The van der Waals surface area contributed by atoms with Gasteiger partial charge in [0.2, 0.25) is 0 Å². The van der Waals surface area contributed by atoms with Gasteiger partial charge in [-0.3, -0.25) is 19.7 Å². The zero-order valence-corrected chi connectivity index (χ0v) is 13.8. The molecule has 1 aromatic rings. The quantitative estimate of drug-likeness (QED) is 0.367. The summed E-state index contributed by atoms with van der Waals surface area (Å²) >= 11 is 1.40. The summed E-state index contributed by atoms with van der Waals surface area (Å²) in [7, 11) is 1.73. The van der Waals surface area contributed by atoms with Gasteiger partial charge in [-0.2, -0.15) is 5.06 Å². The summed E-state index contributed by atoms with van der Waals surface area (Å²) in [6, 6.07) is 4.68. The Balaban J connectivity index is 2.45. The van der Waals surface area contributed by atoms with Gasteiger partial charge in [0.1, 0.15) is 5.60 Å². The Hall–Kier alpha value is -1.70. The molecule has 0 N–H and O–H groups in total. The van der Waals surface area contributed by atoms with E-state index in [-0.39, 0.29) is 17.0 Å². The van der Waals surface area contributed by atoms with E-state index in [1.54, 1.807) is 24.3 Å². The van der Waals surface area contributed by atoms with Gasteiger partial charge in [0.05, 0.1) is 17.0 Å². The van der Waals surface area contributed by atoms with E-state index in [2.05, 4.69) is 0 Å². The topological polar surface area (TPSA) is 72.7 Å². The number of hydrogen-bond acceptors (Lipinski definition) is 6. The second kappa shape index (κ2) is 6.20. The van der Waals surface area contributed by atoms with Crippen molar-refractivity contribution in [3.8, 4) is 0 Å². The largest absolute Gasteiger partial charge is 0.289 e. The van der Waals surface area contributed by atoms with Crippen molar-refractivity contribution in [3.05, 3.63) is 45.5 Å². The highest BCUT2D eigenvalue weighted by Gasteiger charge is 2.31. The maximum atomic E-state index is 12.7. The molecule has 0 saturated carbocycles. The summed E-state index contributed by atoms with van der Waals surface area (Å²) in [5.74, 6) is -0.331. The lowest BCUT2D eigenvalue weighted by molar-refractivity contribution is -0.385. The van der Waals surface area contributed by atoms with Crippen LogP contribution >= 0.6 is 11.8 Å². The number of ketones is 1. The molecule has 0 aliphatic carbocycles. The Morgan fingerprint density at radius 3 is 2.68 bits per heavy atom. The molecule has 0 radical (unpaired) electrons. The molecule has 6 nitrogen and oxygen atoms in total. The van der Waals surface area contributed by atoms with Crippen LogP contribution < -0.4 is 0 Å². The third kappa shape index (κ3) is 3.55. The summed E-state index contributed by atoms with van der Waals surface area (Å²) < 4.78 is 0. The van der Waals surface area contributed by atoms with Crippen LogP contribution in [0.1, 0.15) is 24.2 Å². The molecule has 7 heteroatoms. The standard InChI is InChI=1S/C15H18N2O4S/c1-15(2)8-10(9-16(3)21-15)14(18)12-6-5-11(22-4)7-13(12)17(19)20/h5-8H,9H2,1-4H3. The number of hydroxylamine groups is 2. The smallest absolute Gasteiger partial charge is 0.281 e. The van der Waals surface area contributed by atoms with Crippen LogP contribution in [0.5, 0.6) is 0 Å². The molecule has 1 aliphatic rings. The van der Waals surface area contributed by atoms with Gasteiger partial charge in [-0.25, -0.2) is 0 Å². The second-order valence-corrected chi connectivity index (χ2v) is 6.50. The minimum Gasteiger partial charge on any atom is -0.289 e. The molecule has 0 amide bonds. The van der Waals surface area contributed by atoms with Crippen molar-refractivity contribution in [2.24, 2.45) is 0 Å². The number of nitro groups is 1. The number of Topliss-reactive ketones (excluding diaryl/α,β-unsaturated/α-hetero) is 1. The van der Waals surface area contributed by atoms with Crippen molar-refractivity contribution in [2.45, 2.75) is 24.3 Å². The molecule has 0 unspecified atom stereocenters. The summed E-state index contributed by atoms with van der Waals surface area (Å²) in [6.07, 6.45) is 3.56. The number of thioether (sulfide) groups is 1. The van der Waals surface area contributed by atoms with E-state index < -0.39 is 10.5 Å². The first kappa shape index (κ1) is 16.7. The molecule has 0 bridgehead atoms. The second-order valence-electron chi connectivity index (χ2n) is 5.62. The zero-order valence-electron chi connectivity index (χ0n) is 13.0. The number of benzene rings is 1. The van der Waals surface area contributed by atoms with Gasteiger partial charge in [-0.15, -0.1) is 11.8 Å². The van der Waals surface area contributed by atoms with Gasteiger partial charge in [-0.05, 0) is 38.3 Å². The van der Waals surface area contributed by atoms with Gasteiger partial charge in [0.25, 0.3) is 5.69 Å². The predicted molar refractivity (Wildman–Crippen MR) is 85.1 cm³/mol. The lowest BCUT2D eigenvalue weighted by Gasteiger charge is -2.33. The summed E-state index contributed by atoms with van der Waals surface area (Å²) in [4.78, 5) is 29.8. The van der Waals surface area contributed by atoms with Gasteiger partial charge in [-0.1, -0.05) is 0 Å². The van der Waals surface area contributed by atoms with Crippen LogP contribution in [0.15, 0.2) is 34.7 Å². The Labute approximate surface area is 133 Å². The first-order valence-electron chi connectivity index (χ1n) is 6.72. The molecule has 0 spiro atoms. The van der Waals surface area contributed by atoms with E-state index in [1.165, 1.54) is 23.9 Å². The van der Waals surface area contributed by atoms with Crippen molar-refractivity contribution in [1.29, 1.82) is 0 Å². The monoisotopic (exact) mass is 322 g/mol. The summed E-state index contributed by atoms with van der Waals surface area (Å²) in [6.45, 7) is 3.96. The average Bonchev–Trinajstić information content (AvgIpc) is 2.43. The molecular weight excluding hydrogens is 304 g/mol. The first-order valence-corrected chi connectivity index (χ1v) is 7.95. The van der Waals surface area contributed by atoms with E-state index in [0.717, 1.165) is 4.90 Å². The van der Waals surface area contributed by atoms with Gasteiger partial charge >= 0.3 is 0 Å². The van der Waals surface area contributed by atoms with Crippen LogP contribution in [-0.2, 0) is 4.84 Å². The molecule has 0 aromatic heterocycles. The van der Waals surface area contributed by atoms with Crippen molar-refractivity contribution in [1.82, 2.24) is 5.06 Å². The minimum atomic E-state index is -0.619. The molecule has 118 valence electrons. The normalized spacial score (nSPS) is 17.9. The van der Waals surface area contributed by atoms with Crippen LogP contribution in [0.25, 0.3) is 0 Å². The predicted octanol–water partition coefficient (Wildman–Crippen LogP) is 3.08. The van der Waals surface area contributed by atoms with E-state index in [0.29, 0.717) is 12.1 Å². The summed E-state index contributed by atoms with van der Waals surface area (Å²) in [5, 5.41) is 12.8.